The summed E-state index contributed by atoms with van der Waals surface area (Å²) < 4.78 is 9.92. The van der Waals surface area contributed by atoms with Crippen LogP contribution in [-0.4, -0.2) is 81.1 Å². The van der Waals surface area contributed by atoms with Crippen LogP contribution in [0.4, 0.5) is 11.8 Å². The van der Waals surface area contributed by atoms with Crippen molar-refractivity contribution in [1.29, 1.82) is 5.41 Å². The minimum atomic E-state index is -0.142. The molecule has 2 aliphatic heterocycles. The second-order valence-corrected chi connectivity index (χ2v) is 10.3. The summed E-state index contributed by atoms with van der Waals surface area (Å²) in [5.41, 5.74) is 1.54. The van der Waals surface area contributed by atoms with Crippen LogP contribution in [0, 0.1) is 12.3 Å². The third kappa shape index (κ3) is 5.32. The number of ether oxygens (including phenoxy) is 1. The van der Waals surface area contributed by atoms with E-state index in [0.717, 1.165) is 86.6 Å². The van der Waals surface area contributed by atoms with Gasteiger partial charge in [0.15, 0.2) is 4.83 Å². The van der Waals surface area contributed by atoms with Gasteiger partial charge in [-0.25, -0.2) is 0 Å². The Kier molecular flexibility index (Phi) is 7.23. The van der Waals surface area contributed by atoms with Crippen molar-refractivity contribution < 1.29 is 9.84 Å². The van der Waals surface area contributed by atoms with Gasteiger partial charge in [-0.2, -0.15) is 14.3 Å². The summed E-state index contributed by atoms with van der Waals surface area (Å²) >= 11 is 1.37. The number of anilines is 2. The van der Waals surface area contributed by atoms with E-state index < -0.39 is 0 Å². The Hall–Kier alpha value is -2.34. The molecule has 3 aliphatic rings. The van der Waals surface area contributed by atoms with Gasteiger partial charge in [0.25, 0.3) is 0 Å². The van der Waals surface area contributed by atoms with Gasteiger partial charge in [0, 0.05) is 56.8 Å². The molecule has 0 atom stereocenters. The smallest absolute Gasteiger partial charge is 0.230 e. The molecule has 0 radical (unpaired) electrons. The van der Waals surface area contributed by atoms with Gasteiger partial charge in [0.1, 0.15) is 5.82 Å². The van der Waals surface area contributed by atoms with Crippen LogP contribution in [0.1, 0.15) is 44.2 Å². The molecule has 11 heteroatoms. The lowest BCUT2D eigenvalue weighted by molar-refractivity contribution is -0.0337. The second kappa shape index (κ2) is 10.5. The van der Waals surface area contributed by atoms with Crippen LogP contribution in [-0.2, 0) is 4.74 Å². The summed E-state index contributed by atoms with van der Waals surface area (Å²) in [7, 11) is 0. The molecule has 1 aliphatic carbocycles. The molecular weight excluding hydrogens is 452 g/mol. The van der Waals surface area contributed by atoms with Crippen molar-refractivity contribution in [1.82, 2.24) is 24.6 Å². The summed E-state index contributed by atoms with van der Waals surface area (Å²) in [6.07, 6.45) is 9.28. The van der Waals surface area contributed by atoms with E-state index in [4.69, 9.17) is 15.1 Å². The number of aliphatic hydroxyl groups excluding tert-OH is 1. The van der Waals surface area contributed by atoms with Crippen molar-refractivity contribution in [2.24, 2.45) is 0 Å². The highest BCUT2D eigenvalue weighted by Crippen LogP contribution is 2.32. The molecule has 0 bridgehead atoms. The SMILES string of the molecule is Cc1nsc2nc(N/C(C=N)=C/NC3CCOCC3)nc(NC3CCC(N4CC(O)C4)CC3)c12. The zero-order valence-electron chi connectivity index (χ0n) is 19.6. The van der Waals surface area contributed by atoms with E-state index in [-0.39, 0.29) is 6.10 Å². The first-order valence-corrected chi connectivity index (χ1v) is 13.0. The Morgan fingerprint density at radius 3 is 2.59 bits per heavy atom. The molecule has 4 heterocycles. The quantitative estimate of drug-likeness (QED) is 0.357. The first-order chi connectivity index (χ1) is 16.6. The van der Waals surface area contributed by atoms with Gasteiger partial charge in [-0.15, -0.1) is 0 Å². The van der Waals surface area contributed by atoms with Crippen LogP contribution in [0.25, 0.3) is 10.2 Å². The molecule has 184 valence electrons. The number of likely N-dealkylation sites (tertiary alicyclic amines) is 1. The molecule has 2 saturated heterocycles. The van der Waals surface area contributed by atoms with Gasteiger partial charge >= 0.3 is 0 Å². The number of hydrogen-bond acceptors (Lipinski definition) is 11. The highest BCUT2D eigenvalue weighted by Gasteiger charge is 2.33. The van der Waals surface area contributed by atoms with Gasteiger partial charge in [0.2, 0.25) is 5.95 Å². The lowest BCUT2D eigenvalue weighted by atomic mass is 9.88. The molecule has 10 nitrogen and oxygen atoms in total. The highest BCUT2D eigenvalue weighted by molar-refractivity contribution is 7.13. The molecule has 5 N–H and O–H groups in total. The first kappa shape index (κ1) is 23.4. The summed E-state index contributed by atoms with van der Waals surface area (Å²) in [6, 6.07) is 1.28. The molecule has 5 rings (SSSR count). The molecule has 2 aromatic heterocycles. The number of aliphatic hydroxyl groups is 1. The molecule has 2 aromatic rings. The van der Waals surface area contributed by atoms with E-state index in [2.05, 4.69) is 30.2 Å². The van der Waals surface area contributed by atoms with Crippen molar-refractivity contribution in [3.05, 3.63) is 17.6 Å². The number of aryl methyl sites for hydroxylation is 1. The van der Waals surface area contributed by atoms with Crippen LogP contribution in [0.5, 0.6) is 0 Å². The second-order valence-electron chi connectivity index (χ2n) is 9.52. The van der Waals surface area contributed by atoms with Crippen molar-refractivity contribution in [2.45, 2.75) is 69.7 Å². The van der Waals surface area contributed by atoms with Gasteiger partial charge in [-0.1, -0.05) is 0 Å². The van der Waals surface area contributed by atoms with Crippen molar-refractivity contribution in [2.75, 3.05) is 36.9 Å². The first-order valence-electron chi connectivity index (χ1n) is 12.2. The predicted molar refractivity (Wildman–Crippen MR) is 135 cm³/mol. The number of nitrogens with one attached hydrogen (secondary N) is 4. The third-order valence-corrected chi connectivity index (χ3v) is 7.89. The number of rotatable bonds is 8. The molecular formula is C23H34N8O2S. The minimum absolute atomic E-state index is 0.142. The zero-order chi connectivity index (χ0) is 23.5. The summed E-state index contributed by atoms with van der Waals surface area (Å²) in [6.45, 7) is 5.15. The maximum atomic E-state index is 9.60. The van der Waals surface area contributed by atoms with Gasteiger partial charge in [-0.05, 0) is 57.0 Å². The Labute approximate surface area is 203 Å². The van der Waals surface area contributed by atoms with Crippen LogP contribution in [0.2, 0.25) is 0 Å². The fourth-order valence-corrected chi connectivity index (χ4v) is 5.81. The van der Waals surface area contributed by atoms with Crippen LogP contribution < -0.4 is 16.0 Å². The number of fused-ring (bicyclic) bond motifs is 1. The van der Waals surface area contributed by atoms with Gasteiger partial charge in [-0.3, -0.25) is 4.90 Å². The number of nitrogens with zero attached hydrogens (tertiary/aromatic N) is 4. The van der Waals surface area contributed by atoms with E-state index in [1.165, 1.54) is 17.7 Å². The fourth-order valence-electron chi connectivity index (χ4n) is 5.03. The number of β-amino-alcohol motifs (C(OH)–C–C–N with tert-alkyl or cyclic N) is 1. The molecule has 0 aromatic carbocycles. The Balaban J connectivity index is 1.27. The maximum Gasteiger partial charge on any atom is 0.230 e. The average molecular weight is 487 g/mol. The molecule has 0 amide bonds. The third-order valence-electron chi connectivity index (χ3n) is 7.06. The van der Waals surface area contributed by atoms with E-state index in [0.29, 0.717) is 29.8 Å². The summed E-state index contributed by atoms with van der Waals surface area (Å²) in [5.74, 6) is 1.27. The normalized spacial score (nSPS) is 25.2. The average Bonchev–Trinajstić information content (AvgIpc) is 3.21. The van der Waals surface area contributed by atoms with Crippen LogP contribution in [0.15, 0.2) is 11.9 Å². The van der Waals surface area contributed by atoms with Gasteiger partial charge < -0.3 is 31.2 Å². The Bertz CT molecular complexity index is 1020. The van der Waals surface area contributed by atoms with E-state index in [9.17, 15) is 5.11 Å². The fraction of sp³-hybridized carbons (Fsp3) is 0.652. The standard InChI is InChI=1S/C23H34N8O2S/c1-14-20-21(26-16-2-4-18(5-3-16)31-12-19(32)13-31)28-23(29-22(20)34-30-14)27-17(10-24)11-25-15-6-8-33-9-7-15/h10-11,15-16,18-19,24-25,32H,2-9,12-13H2,1H3,(H2,26,27,28,29)/b17-11+,24-10?. The largest absolute Gasteiger partial charge is 0.390 e. The molecule has 1 saturated carbocycles. The molecule has 0 spiro atoms. The summed E-state index contributed by atoms with van der Waals surface area (Å²) in [4.78, 5) is 12.7. The van der Waals surface area contributed by atoms with Crippen LogP contribution in [0.3, 0.4) is 0 Å². The summed E-state index contributed by atoms with van der Waals surface area (Å²) in [5, 5.41) is 28.7. The van der Waals surface area contributed by atoms with E-state index >= 15 is 0 Å². The minimum Gasteiger partial charge on any atom is -0.390 e. The predicted octanol–water partition coefficient (Wildman–Crippen LogP) is 2.47. The molecule has 3 fully saturated rings. The lowest BCUT2D eigenvalue weighted by Gasteiger charge is -2.44. The van der Waals surface area contributed by atoms with E-state index in [1.807, 2.05) is 13.1 Å². The highest BCUT2D eigenvalue weighted by atomic mass is 32.1. The molecule has 0 unspecified atom stereocenters. The monoisotopic (exact) mass is 486 g/mol. The van der Waals surface area contributed by atoms with E-state index in [1.54, 1.807) is 0 Å². The van der Waals surface area contributed by atoms with Crippen molar-refractivity contribution in [3.8, 4) is 0 Å². The van der Waals surface area contributed by atoms with Crippen molar-refractivity contribution in [3.63, 3.8) is 0 Å². The Morgan fingerprint density at radius 2 is 1.88 bits per heavy atom. The van der Waals surface area contributed by atoms with Crippen molar-refractivity contribution >= 4 is 39.7 Å². The lowest BCUT2D eigenvalue weighted by Crippen LogP contribution is -2.56. The number of hydrogen-bond donors (Lipinski definition) is 5. The van der Waals surface area contributed by atoms with Gasteiger partial charge in [0.05, 0.1) is 22.9 Å². The zero-order valence-corrected chi connectivity index (χ0v) is 20.4. The number of allylic oxidation sites excluding steroid dienone is 1. The Morgan fingerprint density at radius 1 is 1.12 bits per heavy atom. The molecule has 34 heavy (non-hydrogen) atoms. The maximum absolute atomic E-state index is 9.60. The number of aromatic nitrogens is 3. The van der Waals surface area contributed by atoms with Crippen LogP contribution >= 0.6 is 11.5 Å². The topological polar surface area (TPSA) is 131 Å².